The molecule has 3 aromatic rings. The highest BCUT2D eigenvalue weighted by Gasteiger charge is 2.29. The van der Waals surface area contributed by atoms with Crippen molar-refractivity contribution in [2.24, 2.45) is 4.99 Å². The molecule has 0 aromatic heterocycles. The number of benzene rings is 3. The second-order valence-corrected chi connectivity index (χ2v) is 9.27. The molecule has 154 valence electrons. The van der Waals surface area contributed by atoms with Crippen LogP contribution in [0, 0.1) is 0 Å². The summed E-state index contributed by atoms with van der Waals surface area (Å²) in [7, 11) is 1.65. The Hall–Kier alpha value is -1.86. The molecule has 0 spiro atoms. The molecule has 0 saturated heterocycles. The van der Waals surface area contributed by atoms with Gasteiger partial charge < -0.3 is 9.84 Å². The standard InChI is InChI=1S/C23H19Br2ClN2O2/c1-30-22-8-5-15(25)10-18(22)23-27-19(13-3-2-4-14(24)9-13)12-20(28-23)17-11-16(26)6-7-21(17)29/h2-11,20,23,28-29H,12H2,1H3/t20-,23-/m1/s1. The molecule has 0 saturated carbocycles. The first kappa shape index (κ1) is 21.4. The molecule has 0 aliphatic carbocycles. The second kappa shape index (κ2) is 9.10. The van der Waals surface area contributed by atoms with Crippen LogP contribution in [0.25, 0.3) is 0 Å². The van der Waals surface area contributed by atoms with Crippen LogP contribution < -0.4 is 10.1 Å². The van der Waals surface area contributed by atoms with Gasteiger partial charge in [0.2, 0.25) is 0 Å². The van der Waals surface area contributed by atoms with E-state index in [0.717, 1.165) is 37.1 Å². The van der Waals surface area contributed by atoms with Gasteiger partial charge in [-0.1, -0.05) is 55.6 Å². The van der Waals surface area contributed by atoms with Gasteiger partial charge in [-0.15, -0.1) is 0 Å². The Labute approximate surface area is 197 Å². The summed E-state index contributed by atoms with van der Waals surface area (Å²) in [5.41, 5.74) is 3.61. The maximum absolute atomic E-state index is 10.5. The van der Waals surface area contributed by atoms with Crippen LogP contribution in [0.1, 0.15) is 35.3 Å². The van der Waals surface area contributed by atoms with E-state index in [2.05, 4.69) is 37.2 Å². The Balaban J connectivity index is 1.83. The first-order valence-corrected chi connectivity index (χ1v) is 11.3. The minimum absolute atomic E-state index is 0.177. The number of ether oxygens (including phenoxy) is 1. The van der Waals surface area contributed by atoms with Crippen molar-refractivity contribution < 1.29 is 9.84 Å². The molecule has 4 rings (SSSR count). The summed E-state index contributed by atoms with van der Waals surface area (Å²) in [6.07, 6.45) is 0.250. The number of methoxy groups -OCH3 is 1. The molecule has 0 fully saturated rings. The van der Waals surface area contributed by atoms with Crippen molar-refractivity contribution in [3.8, 4) is 11.5 Å². The quantitative estimate of drug-likeness (QED) is 0.376. The van der Waals surface area contributed by atoms with Gasteiger partial charge in [0, 0.05) is 43.3 Å². The van der Waals surface area contributed by atoms with Crippen molar-refractivity contribution in [3.63, 3.8) is 0 Å². The number of halogens is 3. The lowest BCUT2D eigenvalue weighted by Gasteiger charge is -2.31. The highest BCUT2D eigenvalue weighted by molar-refractivity contribution is 9.10. The van der Waals surface area contributed by atoms with Crippen molar-refractivity contribution in [2.75, 3.05) is 7.11 Å². The van der Waals surface area contributed by atoms with Gasteiger partial charge in [0.1, 0.15) is 17.7 Å². The zero-order valence-electron chi connectivity index (χ0n) is 16.1. The van der Waals surface area contributed by atoms with Crippen LogP contribution in [0.4, 0.5) is 0 Å². The first-order chi connectivity index (χ1) is 14.4. The molecule has 7 heteroatoms. The molecule has 4 nitrogen and oxygen atoms in total. The number of nitrogens with one attached hydrogen (secondary N) is 1. The smallest absolute Gasteiger partial charge is 0.130 e. The van der Waals surface area contributed by atoms with Crippen molar-refractivity contribution in [2.45, 2.75) is 18.6 Å². The zero-order chi connectivity index (χ0) is 21.3. The van der Waals surface area contributed by atoms with Gasteiger partial charge in [-0.25, -0.2) is 0 Å². The molecule has 0 unspecified atom stereocenters. The van der Waals surface area contributed by atoms with Crippen molar-refractivity contribution in [3.05, 3.63) is 91.3 Å². The summed E-state index contributed by atoms with van der Waals surface area (Å²) >= 11 is 13.3. The van der Waals surface area contributed by atoms with Crippen LogP contribution in [-0.4, -0.2) is 17.9 Å². The van der Waals surface area contributed by atoms with E-state index in [1.165, 1.54) is 0 Å². The molecule has 3 aromatic carbocycles. The van der Waals surface area contributed by atoms with Crippen LogP contribution in [0.15, 0.2) is 74.6 Å². The normalized spacial score (nSPS) is 18.7. The van der Waals surface area contributed by atoms with E-state index in [1.54, 1.807) is 25.3 Å². The third kappa shape index (κ3) is 4.57. The zero-order valence-corrected chi connectivity index (χ0v) is 20.0. The molecular formula is C23H19Br2ClN2O2. The molecule has 2 N–H and O–H groups in total. The monoisotopic (exact) mass is 548 g/mol. The molecule has 0 amide bonds. The summed E-state index contributed by atoms with van der Waals surface area (Å²) in [4.78, 5) is 5.01. The van der Waals surface area contributed by atoms with E-state index in [4.69, 9.17) is 21.3 Å². The van der Waals surface area contributed by atoms with E-state index < -0.39 is 0 Å². The lowest BCUT2D eigenvalue weighted by atomic mass is 9.93. The number of phenols is 1. The number of rotatable bonds is 4. The van der Waals surface area contributed by atoms with E-state index >= 15 is 0 Å². The SMILES string of the molecule is COc1ccc(Br)cc1[C@@H]1N=C(c2cccc(Br)c2)C[C@H](c2cc(Cl)ccc2O)N1. The van der Waals surface area contributed by atoms with Gasteiger partial charge in [-0.3, -0.25) is 10.3 Å². The molecule has 0 radical (unpaired) electrons. The highest BCUT2D eigenvalue weighted by atomic mass is 79.9. The number of nitrogens with zero attached hydrogens (tertiary/aromatic N) is 1. The third-order valence-corrected chi connectivity index (χ3v) is 6.27. The average molecular weight is 551 g/mol. The molecule has 1 heterocycles. The molecule has 2 atom stereocenters. The molecule has 30 heavy (non-hydrogen) atoms. The minimum Gasteiger partial charge on any atom is -0.508 e. The average Bonchev–Trinajstić information content (AvgIpc) is 2.75. The van der Waals surface area contributed by atoms with E-state index in [9.17, 15) is 5.11 Å². The number of aromatic hydroxyl groups is 1. The molecule has 0 bridgehead atoms. The highest BCUT2D eigenvalue weighted by Crippen LogP contribution is 2.38. The summed E-state index contributed by atoms with van der Waals surface area (Å²) in [5, 5.41) is 14.6. The molecular weight excluding hydrogens is 532 g/mol. The summed E-state index contributed by atoms with van der Waals surface area (Å²) in [5.74, 6) is 0.941. The minimum atomic E-state index is -0.358. The maximum Gasteiger partial charge on any atom is 0.130 e. The predicted molar refractivity (Wildman–Crippen MR) is 128 cm³/mol. The third-order valence-electron chi connectivity index (χ3n) is 5.05. The van der Waals surface area contributed by atoms with Crippen LogP contribution in [0.5, 0.6) is 11.5 Å². The predicted octanol–water partition coefficient (Wildman–Crippen LogP) is 6.80. The van der Waals surface area contributed by atoms with E-state index in [1.807, 2.05) is 42.5 Å². The maximum atomic E-state index is 10.5. The van der Waals surface area contributed by atoms with Gasteiger partial charge in [0.25, 0.3) is 0 Å². The number of aliphatic imine (C=N–C) groups is 1. The van der Waals surface area contributed by atoms with E-state index in [0.29, 0.717) is 11.4 Å². The molecule has 1 aliphatic rings. The van der Waals surface area contributed by atoms with Crippen molar-refractivity contribution in [1.29, 1.82) is 0 Å². The second-order valence-electron chi connectivity index (χ2n) is 7.00. The van der Waals surface area contributed by atoms with Crippen molar-refractivity contribution >= 4 is 49.2 Å². The first-order valence-electron chi connectivity index (χ1n) is 9.35. The largest absolute Gasteiger partial charge is 0.508 e. The van der Waals surface area contributed by atoms with Crippen LogP contribution in [-0.2, 0) is 0 Å². The van der Waals surface area contributed by atoms with Gasteiger partial charge in [0.05, 0.1) is 7.11 Å². The fourth-order valence-corrected chi connectivity index (χ4v) is 4.59. The van der Waals surface area contributed by atoms with E-state index in [-0.39, 0.29) is 18.0 Å². The van der Waals surface area contributed by atoms with Crippen LogP contribution in [0.2, 0.25) is 5.02 Å². The number of phenolic OH excluding ortho intramolecular Hbond substituents is 1. The molecule has 1 aliphatic heterocycles. The number of hydrogen-bond acceptors (Lipinski definition) is 4. The Morgan fingerprint density at radius 3 is 2.60 bits per heavy atom. The Morgan fingerprint density at radius 2 is 1.83 bits per heavy atom. The topological polar surface area (TPSA) is 53.9 Å². The van der Waals surface area contributed by atoms with Gasteiger partial charge in [-0.05, 0) is 54.1 Å². The van der Waals surface area contributed by atoms with Crippen LogP contribution in [0.3, 0.4) is 0 Å². The van der Waals surface area contributed by atoms with Gasteiger partial charge >= 0.3 is 0 Å². The fraction of sp³-hybridized carbons (Fsp3) is 0.174. The van der Waals surface area contributed by atoms with Gasteiger partial charge in [-0.2, -0.15) is 0 Å². The lowest BCUT2D eigenvalue weighted by Crippen LogP contribution is -2.33. The Kier molecular flexibility index (Phi) is 6.48. The Bertz CT molecular complexity index is 1120. The fourth-order valence-electron chi connectivity index (χ4n) is 3.63. The van der Waals surface area contributed by atoms with Crippen LogP contribution >= 0.6 is 43.5 Å². The Morgan fingerprint density at radius 1 is 1.03 bits per heavy atom. The summed E-state index contributed by atoms with van der Waals surface area (Å²) in [6, 6.07) is 18.8. The van der Waals surface area contributed by atoms with Gasteiger partial charge in [0.15, 0.2) is 0 Å². The lowest BCUT2D eigenvalue weighted by molar-refractivity contribution is 0.381. The summed E-state index contributed by atoms with van der Waals surface area (Å²) in [6.45, 7) is 0. The summed E-state index contributed by atoms with van der Waals surface area (Å²) < 4.78 is 7.51. The van der Waals surface area contributed by atoms with Crippen molar-refractivity contribution in [1.82, 2.24) is 5.32 Å². The number of hydrogen-bond donors (Lipinski definition) is 2.